The fourth-order valence-electron chi connectivity index (χ4n) is 7.25. The van der Waals surface area contributed by atoms with Crippen molar-refractivity contribution >= 4 is 11.8 Å². The van der Waals surface area contributed by atoms with E-state index >= 15 is 0 Å². The van der Waals surface area contributed by atoms with Crippen LogP contribution in [0.15, 0.2) is 107 Å². The monoisotopic (exact) mass is 824 g/mol. The summed E-state index contributed by atoms with van der Waals surface area (Å²) < 4.78 is 64.0. The van der Waals surface area contributed by atoms with Gasteiger partial charge < -0.3 is 19.7 Å². The Labute approximate surface area is 344 Å². The number of hydrogen-bond acceptors (Lipinski definition) is 10. The van der Waals surface area contributed by atoms with Crippen LogP contribution in [0.4, 0.5) is 17.6 Å². The lowest BCUT2D eigenvalue weighted by molar-refractivity contribution is 0.0918. The molecule has 8 rings (SSSR count). The summed E-state index contributed by atoms with van der Waals surface area (Å²) in [6, 6.07) is 17.1. The average Bonchev–Trinajstić information content (AvgIpc) is 3.96. The van der Waals surface area contributed by atoms with Crippen LogP contribution in [0.1, 0.15) is 57.8 Å². The van der Waals surface area contributed by atoms with E-state index in [1.807, 2.05) is 24.4 Å². The number of carbonyl (C=O) groups is 2. The molecule has 0 radical (unpaired) electrons. The molecule has 0 unspecified atom stereocenters. The van der Waals surface area contributed by atoms with E-state index in [1.54, 1.807) is 18.6 Å². The van der Waals surface area contributed by atoms with Crippen LogP contribution in [0.2, 0.25) is 0 Å². The molecule has 4 aromatic heterocycles. The zero-order chi connectivity index (χ0) is 41.8. The third-order valence-corrected chi connectivity index (χ3v) is 10.7. The number of piperidine rings is 2. The molecule has 0 bridgehead atoms. The number of nitrogens with one attached hydrogen (secondary N) is 2. The van der Waals surface area contributed by atoms with E-state index in [2.05, 4.69) is 46.8 Å². The fourth-order valence-corrected chi connectivity index (χ4v) is 7.25. The van der Waals surface area contributed by atoms with Crippen molar-refractivity contribution in [3.63, 3.8) is 0 Å². The lowest BCUT2D eigenvalue weighted by Crippen LogP contribution is -2.38. The van der Waals surface area contributed by atoms with Crippen LogP contribution in [-0.4, -0.2) is 81.2 Å². The highest BCUT2D eigenvalue weighted by atomic mass is 19.1. The van der Waals surface area contributed by atoms with Crippen LogP contribution in [0, 0.1) is 35.1 Å². The number of halogens is 4. The van der Waals surface area contributed by atoms with Crippen LogP contribution in [0.5, 0.6) is 0 Å². The van der Waals surface area contributed by atoms with Gasteiger partial charge in [0, 0.05) is 75.2 Å². The Morgan fingerprint density at radius 2 is 1.08 bits per heavy atom. The number of hydrogen-bond donors (Lipinski definition) is 2. The van der Waals surface area contributed by atoms with Gasteiger partial charge in [0.25, 0.3) is 11.8 Å². The molecule has 0 aliphatic carbocycles. The van der Waals surface area contributed by atoms with Gasteiger partial charge in [-0.3, -0.25) is 29.4 Å². The first-order valence-electron chi connectivity index (χ1n) is 19.8. The Hall–Kier alpha value is -6.26. The number of likely N-dealkylation sites (tertiary alicyclic amines) is 2. The summed E-state index contributed by atoms with van der Waals surface area (Å²) in [6.07, 6.45) is 11.2. The van der Waals surface area contributed by atoms with Gasteiger partial charge in [0.05, 0.1) is 11.1 Å². The van der Waals surface area contributed by atoms with Gasteiger partial charge in [0.1, 0.15) is 23.3 Å². The van der Waals surface area contributed by atoms with E-state index < -0.39 is 23.3 Å². The zero-order valence-electron chi connectivity index (χ0n) is 32.7. The Kier molecular flexibility index (Phi) is 14.1. The molecule has 312 valence electrons. The molecule has 0 atom stereocenters. The summed E-state index contributed by atoms with van der Waals surface area (Å²) in [5.74, 6) is -2.68. The van der Waals surface area contributed by atoms with Gasteiger partial charge in [-0.15, -0.1) is 0 Å². The first-order valence-corrected chi connectivity index (χ1v) is 19.8. The molecule has 2 saturated heterocycles. The summed E-state index contributed by atoms with van der Waals surface area (Å²) in [4.78, 5) is 37.7. The largest absolute Gasteiger partial charge is 0.355 e. The summed E-state index contributed by atoms with van der Waals surface area (Å²) in [5.41, 5.74) is 2.71. The molecule has 2 aromatic carbocycles. The summed E-state index contributed by atoms with van der Waals surface area (Å²) in [7, 11) is 0. The maximum absolute atomic E-state index is 13.9. The van der Waals surface area contributed by atoms with Gasteiger partial charge >= 0.3 is 0 Å². The fraction of sp³-hybridized carbons (Fsp3) is 0.318. The first-order chi connectivity index (χ1) is 29.2. The van der Waals surface area contributed by atoms with Crippen molar-refractivity contribution in [2.24, 2.45) is 11.8 Å². The first kappa shape index (κ1) is 41.9. The molecule has 2 aliphatic rings. The second-order valence-electron chi connectivity index (χ2n) is 15.0. The second kappa shape index (κ2) is 20.1. The smallest absolute Gasteiger partial charge is 0.273 e. The van der Waals surface area contributed by atoms with E-state index in [1.165, 1.54) is 35.4 Å². The lowest BCUT2D eigenvalue weighted by atomic mass is 9.96. The molecule has 6 aromatic rings. The Morgan fingerprint density at radius 1 is 0.600 bits per heavy atom. The van der Waals surface area contributed by atoms with E-state index in [0.717, 1.165) is 89.2 Å². The van der Waals surface area contributed by atoms with Gasteiger partial charge in [-0.1, -0.05) is 16.4 Å². The van der Waals surface area contributed by atoms with Crippen LogP contribution in [-0.2, 0) is 13.1 Å². The molecule has 16 heteroatoms. The van der Waals surface area contributed by atoms with E-state index in [9.17, 15) is 27.2 Å². The molecular weight excluding hydrogens is 781 g/mol. The van der Waals surface area contributed by atoms with E-state index in [0.29, 0.717) is 24.9 Å². The molecule has 2 fully saturated rings. The minimum absolute atomic E-state index is 0.0592. The molecule has 60 heavy (non-hydrogen) atoms. The van der Waals surface area contributed by atoms with Crippen molar-refractivity contribution in [2.45, 2.75) is 38.8 Å². The normalized spacial score (nSPS) is 15.3. The summed E-state index contributed by atoms with van der Waals surface area (Å²) in [6.45, 7) is 6.77. The molecule has 0 spiro atoms. The van der Waals surface area contributed by atoms with E-state index in [-0.39, 0.29) is 45.8 Å². The Bertz CT molecular complexity index is 2170. The summed E-state index contributed by atoms with van der Waals surface area (Å²) >= 11 is 0. The maximum atomic E-state index is 13.9. The maximum Gasteiger partial charge on any atom is 0.273 e. The predicted octanol–water partition coefficient (Wildman–Crippen LogP) is 7.31. The van der Waals surface area contributed by atoms with Gasteiger partial charge in [-0.25, -0.2) is 17.6 Å². The molecule has 12 nitrogen and oxygen atoms in total. The third kappa shape index (κ3) is 11.5. The van der Waals surface area contributed by atoms with Gasteiger partial charge in [-0.2, -0.15) is 0 Å². The highest BCUT2D eigenvalue weighted by molar-refractivity contribution is 5.93. The topological polar surface area (TPSA) is 143 Å². The van der Waals surface area contributed by atoms with Crippen molar-refractivity contribution < 1.29 is 36.2 Å². The van der Waals surface area contributed by atoms with Crippen molar-refractivity contribution in [3.05, 3.63) is 143 Å². The molecule has 6 heterocycles. The summed E-state index contributed by atoms with van der Waals surface area (Å²) in [5, 5.41) is 13.2. The zero-order valence-corrected chi connectivity index (χ0v) is 32.7. The molecule has 2 amide bonds. The number of rotatable bonds is 12. The number of carbonyl (C=O) groups excluding carboxylic acids is 2. The van der Waals surface area contributed by atoms with Gasteiger partial charge in [0.2, 0.25) is 0 Å². The average molecular weight is 825 g/mol. The quantitative estimate of drug-likeness (QED) is 0.121. The number of benzene rings is 2. The van der Waals surface area contributed by atoms with Crippen LogP contribution in [0.3, 0.4) is 0 Å². The number of aromatic nitrogens is 4. The van der Waals surface area contributed by atoms with Gasteiger partial charge in [0.15, 0.2) is 22.9 Å². The standard InChI is InChI=1S/2C22H22F2N4O2/c23-17-1-2-18(19(24)11-17)21-12-20(27-30-21)22(29)26-13-15-5-9-28(10-6-15)14-16-3-7-25-8-4-16;23-17-3-4-18(19(24)10-17)21-11-20(27-30-21)22(29)26-13-15-5-8-28(9-6-15)14-16-2-1-7-25-12-16/h1-4,7-8,11-12,15H,5-6,9-10,13-14H2,(H,26,29);1-4,7,10-12,15H,5-6,8-9,13-14H2,(H,26,29). The van der Waals surface area contributed by atoms with Gasteiger partial charge in [-0.05, 0) is 117 Å². The van der Waals surface area contributed by atoms with Crippen molar-refractivity contribution in [2.75, 3.05) is 39.3 Å². The minimum Gasteiger partial charge on any atom is -0.355 e. The Balaban J connectivity index is 0.000000181. The van der Waals surface area contributed by atoms with E-state index in [4.69, 9.17) is 9.05 Å². The lowest BCUT2D eigenvalue weighted by Gasteiger charge is -2.31. The Morgan fingerprint density at radius 3 is 1.53 bits per heavy atom. The predicted molar refractivity (Wildman–Crippen MR) is 213 cm³/mol. The molecular formula is C44H44F4N8O4. The highest BCUT2D eigenvalue weighted by Crippen LogP contribution is 2.26. The second-order valence-corrected chi connectivity index (χ2v) is 15.0. The van der Waals surface area contributed by atoms with Crippen molar-refractivity contribution in [3.8, 4) is 22.6 Å². The van der Waals surface area contributed by atoms with Crippen LogP contribution < -0.4 is 10.6 Å². The van der Waals surface area contributed by atoms with Crippen LogP contribution >= 0.6 is 0 Å². The highest BCUT2D eigenvalue weighted by Gasteiger charge is 2.24. The molecule has 2 N–H and O–H groups in total. The molecule has 2 aliphatic heterocycles. The number of amides is 2. The SMILES string of the molecule is O=C(NCC1CCN(Cc2cccnc2)CC1)c1cc(-c2ccc(F)cc2F)on1.O=C(NCC1CCN(Cc2ccncc2)CC1)c1cc(-c2ccc(F)cc2F)on1. The van der Waals surface area contributed by atoms with Crippen molar-refractivity contribution in [1.82, 2.24) is 40.7 Å². The third-order valence-electron chi connectivity index (χ3n) is 10.7. The minimum atomic E-state index is -0.767. The number of nitrogens with zero attached hydrogens (tertiary/aromatic N) is 6. The molecule has 0 saturated carbocycles. The van der Waals surface area contributed by atoms with Crippen LogP contribution in [0.25, 0.3) is 22.6 Å². The number of pyridine rings is 2. The van der Waals surface area contributed by atoms with Crippen molar-refractivity contribution in [1.29, 1.82) is 0 Å².